The minimum Gasteiger partial charge on any atom is -0.478 e. The molecule has 0 atom stereocenters. The van der Waals surface area contributed by atoms with Gasteiger partial charge in [-0.2, -0.15) is 0 Å². The molecule has 40 heavy (non-hydrogen) atoms. The molecule has 1 aliphatic carbocycles. The average Bonchev–Trinajstić information content (AvgIpc) is 3.41. The average molecular weight is 537 g/mol. The molecule has 0 saturated carbocycles. The van der Waals surface area contributed by atoms with E-state index in [0.29, 0.717) is 16.9 Å². The van der Waals surface area contributed by atoms with E-state index in [-0.39, 0.29) is 5.56 Å². The number of rotatable bonds is 7. The molecule has 2 aromatic carbocycles. The molecule has 1 saturated heterocycles. The van der Waals surface area contributed by atoms with E-state index in [0.717, 1.165) is 62.3 Å². The third-order valence-corrected chi connectivity index (χ3v) is 8.24. The summed E-state index contributed by atoms with van der Waals surface area (Å²) >= 11 is 0. The van der Waals surface area contributed by atoms with Crippen molar-refractivity contribution in [1.29, 1.82) is 0 Å². The number of allylic oxidation sites excluding steroid dienone is 1. The number of aromatic carboxylic acids is 1. The second-order valence-corrected chi connectivity index (χ2v) is 11.7. The van der Waals surface area contributed by atoms with Crippen molar-refractivity contribution in [3.8, 4) is 11.5 Å². The molecule has 206 valence electrons. The quantitative estimate of drug-likeness (QED) is 0.269. The Hall–Kier alpha value is -4.10. The van der Waals surface area contributed by atoms with E-state index < -0.39 is 5.97 Å². The molecular formula is C33H36N4O3. The Kier molecular flexibility index (Phi) is 7.07. The van der Waals surface area contributed by atoms with Gasteiger partial charge in [-0.3, -0.25) is 4.90 Å². The Morgan fingerprint density at radius 3 is 2.62 bits per heavy atom. The number of benzene rings is 2. The molecule has 7 heteroatoms. The standard InChI is InChI=1S/C33H36N4O3/c1-33(2)12-10-28(23-6-4-3-5-7-23)25(20-33)22-36-14-16-37(17-15-36)26-8-9-29(32(38)39)30(19-26)40-27-18-24-11-13-34-31(24)35-21-27/h3-9,11,13,18-19,21H,10,12,14-17,20,22H2,1-2H3,(H,34,35)(H,38,39). The fraction of sp³-hybridized carbons (Fsp3) is 0.333. The van der Waals surface area contributed by atoms with Crippen molar-refractivity contribution >= 4 is 28.3 Å². The van der Waals surface area contributed by atoms with E-state index in [4.69, 9.17) is 4.74 Å². The lowest BCUT2D eigenvalue weighted by Crippen LogP contribution is -2.47. The number of aromatic nitrogens is 2. The van der Waals surface area contributed by atoms with Crippen LogP contribution < -0.4 is 9.64 Å². The fourth-order valence-corrected chi connectivity index (χ4v) is 6.06. The van der Waals surface area contributed by atoms with E-state index in [9.17, 15) is 9.90 Å². The van der Waals surface area contributed by atoms with Gasteiger partial charge in [0.2, 0.25) is 0 Å². The first-order valence-corrected chi connectivity index (χ1v) is 14.1. The zero-order chi connectivity index (χ0) is 27.7. The second kappa shape index (κ2) is 10.8. The van der Waals surface area contributed by atoms with Gasteiger partial charge < -0.3 is 19.7 Å². The van der Waals surface area contributed by atoms with Crippen molar-refractivity contribution in [2.24, 2.45) is 5.41 Å². The van der Waals surface area contributed by atoms with Gasteiger partial charge in [0.15, 0.2) is 0 Å². The van der Waals surface area contributed by atoms with E-state index in [2.05, 4.69) is 63.9 Å². The number of aromatic amines is 1. The molecule has 4 aromatic rings. The zero-order valence-corrected chi connectivity index (χ0v) is 23.2. The number of nitrogens with zero attached hydrogens (tertiary/aromatic N) is 3. The summed E-state index contributed by atoms with van der Waals surface area (Å²) in [5.74, 6) is -0.180. The minimum atomic E-state index is -1.01. The summed E-state index contributed by atoms with van der Waals surface area (Å²) in [5, 5.41) is 10.7. The summed E-state index contributed by atoms with van der Waals surface area (Å²) in [6, 6.07) is 20.0. The highest BCUT2D eigenvalue weighted by atomic mass is 16.5. The van der Waals surface area contributed by atoms with Crippen LogP contribution in [0.4, 0.5) is 5.69 Å². The van der Waals surface area contributed by atoms with Crippen molar-refractivity contribution in [2.45, 2.75) is 33.1 Å². The maximum absolute atomic E-state index is 12.0. The summed E-state index contributed by atoms with van der Waals surface area (Å²) in [7, 11) is 0. The van der Waals surface area contributed by atoms with Gasteiger partial charge in [0.25, 0.3) is 0 Å². The van der Waals surface area contributed by atoms with Gasteiger partial charge in [0.1, 0.15) is 22.7 Å². The van der Waals surface area contributed by atoms with Gasteiger partial charge in [0.05, 0.1) is 6.20 Å². The topological polar surface area (TPSA) is 81.7 Å². The first-order chi connectivity index (χ1) is 19.3. The molecule has 0 spiro atoms. The summed E-state index contributed by atoms with van der Waals surface area (Å²) in [4.78, 5) is 24.3. The molecule has 0 bridgehead atoms. The highest BCUT2D eigenvalue weighted by Crippen LogP contribution is 2.42. The van der Waals surface area contributed by atoms with Crippen LogP contribution in [-0.2, 0) is 0 Å². The molecule has 1 aliphatic heterocycles. The minimum absolute atomic E-state index is 0.136. The first kappa shape index (κ1) is 26.1. The number of H-pyrrole nitrogens is 1. The first-order valence-electron chi connectivity index (χ1n) is 14.1. The predicted molar refractivity (Wildman–Crippen MR) is 159 cm³/mol. The maximum Gasteiger partial charge on any atom is 0.339 e. The van der Waals surface area contributed by atoms with Crippen molar-refractivity contribution in [3.63, 3.8) is 0 Å². The van der Waals surface area contributed by atoms with Gasteiger partial charge in [0, 0.05) is 56.1 Å². The van der Waals surface area contributed by atoms with Gasteiger partial charge in [-0.1, -0.05) is 49.8 Å². The smallest absolute Gasteiger partial charge is 0.339 e. The Morgan fingerprint density at radius 2 is 1.85 bits per heavy atom. The maximum atomic E-state index is 12.0. The number of hydrogen-bond acceptors (Lipinski definition) is 5. The summed E-state index contributed by atoms with van der Waals surface area (Å²) in [6.45, 7) is 9.44. The lowest BCUT2D eigenvalue weighted by Gasteiger charge is -2.39. The van der Waals surface area contributed by atoms with Crippen LogP contribution in [0, 0.1) is 5.41 Å². The van der Waals surface area contributed by atoms with E-state index >= 15 is 0 Å². The van der Waals surface area contributed by atoms with Crippen LogP contribution in [0.1, 0.15) is 49.0 Å². The SMILES string of the molecule is CC1(C)CCC(c2ccccc2)=C(CN2CCN(c3ccc(C(=O)O)c(Oc4cnc5[nH]ccc5c4)c3)CC2)C1. The Morgan fingerprint density at radius 1 is 1.05 bits per heavy atom. The van der Waals surface area contributed by atoms with Crippen molar-refractivity contribution in [1.82, 2.24) is 14.9 Å². The molecule has 3 heterocycles. The summed E-state index contributed by atoms with van der Waals surface area (Å²) in [6.07, 6.45) is 6.93. The zero-order valence-electron chi connectivity index (χ0n) is 23.2. The normalized spacial score (nSPS) is 17.8. The number of nitrogens with one attached hydrogen (secondary N) is 1. The summed E-state index contributed by atoms with van der Waals surface area (Å²) in [5.41, 5.74) is 6.67. The molecule has 0 radical (unpaired) electrons. The van der Waals surface area contributed by atoms with E-state index in [1.54, 1.807) is 17.8 Å². The number of fused-ring (bicyclic) bond motifs is 1. The molecule has 7 nitrogen and oxygen atoms in total. The van der Waals surface area contributed by atoms with E-state index in [1.165, 1.54) is 17.6 Å². The molecular weight excluding hydrogens is 500 g/mol. The largest absolute Gasteiger partial charge is 0.478 e. The molecule has 0 amide bonds. The number of ether oxygens (including phenoxy) is 1. The number of piperazine rings is 1. The van der Waals surface area contributed by atoms with Crippen molar-refractivity contribution in [3.05, 3.63) is 89.8 Å². The van der Waals surface area contributed by atoms with Crippen LogP contribution in [0.5, 0.6) is 11.5 Å². The van der Waals surface area contributed by atoms with Crippen LogP contribution in [0.25, 0.3) is 16.6 Å². The lowest BCUT2D eigenvalue weighted by atomic mass is 9.73. The molecule has 0 unspecified atom stereocenters. The number of carboxylic acid groups (broad SMARTS) is 1. The number of anilines is 1. The van der Waals surface area contributed by atoms with Crippen molar-refractivity contribution in [2.75, 3.05) is 37.6 Å². The van der Waals surface area contributed by atoms with E-state index in [1.807, 2.05) is 30.5 Å². The monoisotopic (exact) mass is 536 g/mol. The molecule has 6 rings (SSSR count). The fourth-order valence-electron chi connectivity index (χ4n) is 6.06. The predicted octanol–water partition coefficient (Wildman–Crippen LogP) is 6.84. The number of carboxylic acids is 1. The van der Waals surface area contributed by atoms with Gasteiger partial charge in [-0.05, 0) is 60.1 Å². The van der Waals surface area contributed by atoms with Crippen LogP contribution in [0.15, 0.2) is 78.6 Å². The third-order valence-electron chi connectivity index (χ3n) is 8.24. The van der Waals surface area contributed by atoms with Gasteiger partial charge in [-0.15, -0.1) is 0 Å². The third kappa shape index (κ3) is 5.61. The summed E-state index contributed by atoms with van der Waals surface area (Å²) < 4.78 is 6.07. The van der Waals surface area contributed by atoms with Crippen molar-refractivity contribution < 1.29 is 14.6 Å². The van der Waals surface area contributed by atoms with Crippen LogP contribution in [-0.4, -0.2) is 58.7 Å². The Bertz CT molecular complexity index is 1550. The number of hydrogen-bond donors (Lipinski definition) is 2. The number of carbonyl (C=O) groups is 1. The molecule has 2 N–H and O–H groups in total. The van der Waals surface area contributed by atoms with Gasteiger partial charge >= 0.3 is 5.97 Å². The Labute approximate surface area is 235 Å². The lowest BCUT2D eigenvalue weighted by molar-refractivity contribution is 0.0694. The highest BCUT2D eigenvalue weighted by molar-refractivity contribution is 5.92. The van der Waals surface area contributed by atoms with Crippen LogP contribution >= 0.6 is 0 Å². The van der Waals surface area contributed by atoms with Crippen LogP contribution in [0.2, 0.25) is 0 Å². The molecule has 1 fully saturated rings. The number of pyridine rings is 1. The Balaban J connectivity index is 1.17. The second-order valence-electron chi connectivity index (χ2n) is 11.7. The van der Waals surface area contributed by atoms with Crippen LogP contribution in [0.3, 0.4) is 0 Å². The highest BCUT2D eigenvalue weighted by Gasteiger charge is 2.29. The molecule has 2 aromatic heterocycles. The molecule has 2 aliphatic rings. The van der Waals surface area contributed by atoms with Gasteiger partial charge in [-0.25, -0.2) is 9.78 Å².